The fourth-order valence-corrected chi connectivity index (χ4v) is 3.60. The minimum Gasteiger partial charge on any atom is -0.384 e. The largest absolute Gasteiger partial charge is 0.417 e. The number of rotatable bonds is 5. The van der Waals surface area contributed by atoms with Gasteiger partial charge in [0.15, 0.2) is 0 Å². The summed E-state index contributed by atoms with van der Waals surface area (Å²) in [5.74, 6) is -0.341. The number of pyridine rings is 1. The summed E-state index contributed by atoms with van der Waals surface area (Å²) in [6.07, 6.45) is -1.42. The predicted molar refractivity (Wildman–Crippen MR) is 124 cm³/mol. The predicted octanol–water partition coefficient (Wildman–Crippen LogP) is 5.40. The second kappa shape index (κ2) is 8.86. The zero-order valence-electron chi connectivity index (χ0n) is 18.0. The van der Waals surface area contributed by atoms with Crippen LogP contribution in [-0.2, 0) is 6.18 Å². The summed E-state index contributed by atoms with van der Waals surface area (Å²) >= 11 is 0. The van der Waals surface area contributed by atoms with Crippen LogP contribution in [0.1, 0.15) is 27.2 Å². The number of nitrogens with one attached hydrogen (secondary N) is 2. The van der Waals surface area contributed by atoms with Gasteiger partial charge >= 0.3 is 6.18 Å². The molecule has 0 aliphatic heterocycles. The summed E-state index contributed by atoms with van der Waals surface area (Å²) in [6, 6.07) is 16.8. The van der Waals surface area contributed by atoms with Crippen molar-refractivity contribution in [1.82, 2.24) is 9.55 Å². The Labute approximate surface area is 193 Å². The molecule has 0 spiro atoms. The molecular formula is C25H20F3N5O. The van der Waals surface area contributed by atoms with Gasteiger partial charge in [-0.1, -0.05) is 30.3 Å². The van der Waals surface area contributed by atoms with Crippen molar-refractivity contribution in [3.63, 3.8) is 0 Å². The SMILES string of the molecule is Cc1cc(C(=O)Nc2ccc(-c3ccccc3C(F)(F)F)cn2)n(-c2cccc(C(=N)N)c2)c1. The molecule has 0 unspecified atom stereocenters. The van der Waals surface area contributed by atoms with E-state index in [9.17, 15) is 18.0 Å². The fourth-order valence-electron chi connectivity index (χ4n) is 3.60. The first-order valence-electron chi connectivity index (χ1n) is 10.2. The molecule has 9 heteroatoms. The summed E-state index contributed by atoms with van der Waals surface area (Å²) in [4.78, 5) is 17.1. The lowest BCUT2D eigenvalue weighted by atomic mass is 10.0. The van der Waals surface area contributed by atoms with E-state index < -0.39 is 17.6 Å². The highest BCUT2D eigenvalue weighted by atomic mass is 19.4. The lowest BCUT2D eigenvalue weighted by molar-refractivity contribution is -0.137. The third kappa shape index (κ3) is 4.68. The second-order valence-corrected chi connectivity index (χ2v) is 7.67. The van der Waals surface area contributed by atoms with E-state index in [1.165, 1.54) is 36.5 Å². The molecule has 172 valence electrons. The number of amides is 1. The minimum absolute atomic E-state index is 0.00947. The molecule has 1 amide bonds. The van der Waals surface area contributed by atoms with Crippen molar-refractivity contribution >= 4 is 17.6 Å². The molecule has 34 heavy (non-hydrogen) atoms. The Morgan fingerprint density at radius 1 is 1.06 bits per heavy atom. The molecule has 4 rings (SSSR count). The molecule has 2 heterocycles. The maximum atomic E-state index is 13.3. The van der Waals surface area contributed by atoms with Gasteiger partial charge in [0.2, 0.25) is 0 Å². The van der Waals surface area contributed by atoms with Crippen molar-refractivity contribution in [1.29, 1.82) is 5.41 Å². The second-order valence-electron chi connectivity index (χ2n) is 7.67. The van der Waals surface area contributed by atoms with Crippen LogP contribution in [0.25, 0.3) is 16.8 Å². The number of aromatic nitrogens is 2. The van der Waals surface area contributed by atoms with E-state index in [0.29, 0.717) is 16.9 Å². The number of nitrogen functional groups attached to an aromatic ring is 1. The van der Waals surface area contributed by atoms with Gasteiger partial charge in [-0.2, -0.15) is 13.2 Å². The molecule has 2 aromatic heterocycles. The van der Waals surface area contributed by atoms with Crippen molar-refractivity contribution in [2.75, 3.05) is 5.32 Å². The smallest absolute Gasteiger partial charge is 0.384 e. The van der Waals surface area contributed by atoms with Crippen LogP contribution < -0.4 is 11.1 Å². The van der Waals surface area contributed by atoms with Gasteiger partial charge in [0.1, 0.15) is 17.3 Å². The third-order valence-corrected chi connectivity index (χ3v) is 5.17. The summed E-state index contributed by atoms with van der Waals surface area (Å²) < 4.78 is 41.6. The van der Waals surface area contributed by atoms with Crippen LogP contribution in [0.5, 0.6) is 0 Å². The molecule has 4 aromatic rings. The standard InChI is InChI=1S/C25H20F3N5O/c1-15-11-21(33(14-15)18-6-4-5-16(12-18)23(29)30)24(34)32-22-10-9-17(13-31-22)19-7-2-3-8-20(19)25(26,27)28/h2-14H,1H3,(H3,29,30)(H,31,32,34). The Morgan fingerprint density at radius 3 is 2.50 bits per heavy atom. The maximum absolute atomic E-state index is 13.3. The average molecular weight is 463 g/mol. The maximum Gasteiger partial charge on any atom is 0.417 e. The summed E-state index contributed by atoms with van der Waals surface area (Å²) in [5.41, 5.74) is 7.45. The number of hydrogen-bond donors (Lipinski definition) is 3. The van der Waals surface area contributed by atoms with Crippen LogP contribution in [-0.4, -0.2) is 21.3 Å². The van der Waals surface area contributed by atoms with Crippen molar-refractivity contribution < 1.29 is 18.0 Å². The quantitative estimate of drug-likeness (QED) is 0.273. The fraction of sp³-hybridized carbons (Fsp3) is 0.0800. The number of alkyl halides is 3. The molecule has 0 bridgehead atoms. The van der Waals surface area contributed by atoms with Gasteiger partial charge in [-0.05, 0) is 54.4 Å². The third-order valence-electron chi connectivity index (χ3n) is 5.17. The zero-order valence-corrected chi connectivity index (χ0v) is 18.0. The van der Waals surface area contributed by atoms with Gasteiger partial charge < -0.3 is 15.6 Å². The number of carbonyl (C=O) groups excluding carboxylic acids is 1. The van der Waals surface area contributed by atoms with Crippen LogP contribution in [0, 0.1) is 12.3 Å². The number of amidine groups is 1. The van der Waals surface area contributed by atoms with Crippen molar-refractivity contribution in [2.45, 2.75) is 13.1 Å². The number of halogens is 3. The van der Waals surface area contributed by atoms with Crippen molar-refractivity contribution in [3.8, 4) is 16.8 Å². The van der Waals surface area contributed by atoms with Gasteiger partial charge in [-0.15, -0.1) is 0 Å². The van der Waals surface area contributed by atoms with Gasteiger partial charge in [-0.25, -0.2) is 4.98 Å². The van der Waals surface area contributed by atoms with Gasteiger partial charge in [0.25, 0.3) is 5.91 Å². The average Bonchev–Trinajstić information content (AvgIpc) is 3.21. The van der Waals surface area contributed by atoms with Crippen molar-refractivity contribution in [3.05, 3.63) is 102 Å². The first kappa shape index (κ1) is 22.8. The number of nitrogens with zero attached hydrogens (tertiary/aromatic N) is 2. The molecule has 0 radical (unpaired) electrons. The highest BCUT2D eigenvalue weighted by Crippen LogP contribution is 2.36. The Hall–Kier alpha value is -4.40. The van der Waals surface area contributed by atoms with Crippen LogP contribution in [0.2, 0.25) is 0 Å². The van der Waals surface area contributed by atoms with Crippen LogP contribution in [0.4, 0.5) is 19.0 Å². The van der Waals surface area contributed by atoms with E-state index >= 15 is 0 Å². The van der Waals surface area contributed by atoms with E-state index in [1.54, 1.807) is 41.1 Å². The van der Waals surface area contributed by atoms with E-state index in [1.807, 2.05) is 6.92 Å². The highest BCUT2D eigenvalue weighted by molar-refractivity contribution is 6.03. The number of nitrogens with two attached hydrogens (primary N) is 1. The molecule has 6 nitrogen and oxygen atoms in total. The number of anilines is 1. The van der Waals surface area contributed by atoms with Crippen molar-refractivity contribution in [2.24, 2.45) is 5.73 Å². The number of benzene rings is 2. The van der Waals surface area contributed by atoms with E-state index in [4.69, 9.17) is 11.1 Å². The Morgan fingerprint density at radius 2 is 1.82 bits per heavy atom. The molecular weight excluding hydrogens is 443 g/mol. The number of hydrogen-bond acceptors (Lipinski definition) is 3. The van der Waals surface area contributed by atoms with Crippen LogP contribution in [0.3, 0.4) is 0 Å². The topological polar surface area (TPSA) is 96.8 Å². The molecule has 0 saturated heterocycles. The molecule has 0 aliphatic carbocycles. The van der Waals surface area contributed by atoms with Gasteiger partial charge in [0, 0.05) is 29.2 Å². The number of aryl methyl sites for hydroxylation is 1. The molecule has 4 N–H and O–H groups in total. The monoisotopic (exact) mass is 463 g/mol. The molecule has 0 aliphatic rings. The molecule has 0 atom stereocenters. The van der Waals surface area contributed by atoms with Gasteiger partial charge in [0.05, 0.1) is 5.56 Å². The Bertz CT molecular complexity index is 1370. The van der Waals surface area contributed by atoms with E-state index in [0.717, 1.165) is 11.6 Å². The lowest BCUT2D eigenvalue weighted by Gasteiger charge is -2.13. The van der Waals surface area contributed by atoms with E-state index in [-0.39, 0.29) is 22.8 Å². The molecule has 2 aromatic carbocycles. The summed E-state index contributed by atoms with van der Waals surface area (Å²) in [6.45, 7) is 1.84. The lowest BCUT2D eigenvalue weighted by Crippen LogP contribution is -2.17. The Kier molecular flexibility index (Phi) is 5.93. The zero-order chi connectivity index (χ0) is 24.5. The summed E-state index contributed by atoms with van der Waals surface area (Å²) in [7, 11) is 0. The Balaban J connectivity index is 1.60. The summed E-state index contributed by atoms with van der Waals surface area (Å²) in [5, 5.41) is 10.3. The normalized spacial score (nSPS) is 11.3. The molecule has 0 saturated carbocycles. The van der Waals surface area contributed by atoms with E-state index in [2.05, 4.69) is 10.3 Å². The first-order chi connectivity index (χ1) is 16.1. The minimum atomic E-state index is -4.49. The first-order valence-corrected chi connectivity index (χ1v) is 10.2. The van der Waals surface area contributed by atoms with Gasteiger partial charge in [-0.3, -0.25) is 10.2 Å². The van der Waals surface area contributed by atoms with Crippen LogP contribution in [0.15, 0.2) is 79.1 Å². The number of carbonyl (C=O) groups is 1. The van der Waals surface area contributed by atoms with Crippen LogP contribution >= 0.6 is 0 Å². The highest BCUT2D eigenvalue weighted by Gasteiger charge is 2.33. The molecule has 0 fully saturated rings.